The molecule has 2 rings (SSSR count). The Morgan fingerprint density at radius 1 is 1.14 bits per heavy atom. The second kappa shape index (κ2) is 6.02. The predicted octanol–water partition coefficient (Wildman–Crippen LogP) is 3.27. The fourth-order valence-corrected chi connectivity index (χ4v) is 2.67. The minimum absolute atomic E-state index is 0.0298. The van der Waals surface area contributed by atoms with Gasteiger partial charge in [0, 0.05) is 12.3 Å². The normalized spacial score (nSPS) is 11.3. The van der Waals surface area contributed by atoms with Gasteiger partial charge in [-0.1, -0.05) is 11.6 Å². The molecule has 116 valence electrons. The Bertz CT molecular complexity index is 853. The van der Waals surface area contributed by atoms with E-state index in [1.807, 2.05) is 0 Å². The number of amides is 1. The number of hydrogen-bond acceptors (Lipinski definition) is 3. The van der Waals surface area contributed by atoms with E-state index in [-0.39, 0.29) is 21.2 Å². The second-order valence-electron chi connectivity index (χ2n) is 4.49. The van der Waals surface area contributed by atoms with Gasteiger partial charge in [0.2, 0.25) is 0 Å². The minimum Gasteiger partial charge on any atom is -0.319 e. The molecule has 22 heavy (non-hydrogen) atoms. The maximum Gasteiger partial charge on any atom is 0.257 e. The zero-order valence-corrected chi connectivity index (χ0v) is 12.8. The molecule has 0 bridgehead atoms. The van der Waals surface area contributed by atoms with Crippen LogP contribution in [0.1, 0.15) is 10.4 Å². The Morgan fingerprint density at radius 3 is 2.36 bits per heavy atom. The molecule has 2 aromatic rings. The van der Waals surface area contributed by atoms with Gasteiger partial charge < -0.3 is 5.32 Å². The van der Waals surface area contributed by atoms with Gasteiger partial charge in [0.05, 0.1) is 21.2 Å². The molecule has 0 saturated heterocycles. The van der Waals surface area contributed by atoms with E-state index in [0.717, 1.165) is 24.5 Å². The van der Waals surface area contributed by atoms with Crippen LogP contribution in [0.2, 0.25) is 5.02 Å². The summed E-state index contributed by atoms with van der Waals surface area (Å²) >= 11 is 5.88. The highest BCUT2D eigenvalue weighted by Gasteiger charge is 2.16. The molecule has 1 N–H and O–H groups in total. The molecule has 0 aliphatic heterocycles. The fraction of sp³-hybridized carbons (Fsp3) is 0.0714. The second-order valence-corrected chi connectivity index (χ2v) is 6.92. The average molecular weight is 346 g/mol. The summed E-state index contributed by atoms with van der Waals surface area (Å²) in [6, 6.07) is 6.26. The molecule has 0 fully saturated rings. The Morgan fingerprint density at radius 2 is 1.82 bits per heavy atom. The molecule has 0 saturated carbocycles. The molecule has 1 amide bonds. The van der Waals surface area contributed by atoms with Crippen LogP contribution in [0.4, 0.5) is 14.5 Å². The number of benzene rings is 2. The first-order chi connectivity index (χ1) is 10.2. The number of sulfone groups is 1. The quantitative estimate of drug-likeness (QED) is 0.928. The summed E-state index contributed by atoms with van der Waals surface area (Å²) in [4.78, 5) is 12.0. The van der Waals surface area contributed by atoms with Gasteiger partial charge in [0.15, 0.2) is 9.84 Å². The number of carbonyl (C=O) groups is 1. The van der Waals surface area contributed by atoms with Crippen molar-refractivity contribution in [1.82, 2.24) is 0 Å². The summed E-state index contributed by atoms with van der Waals surface area (Å²) in [6.45, 7) is 0. The first-order valence-corrected chi connectivity index (χ1v) is 8.21. The van der Waals surface area contributed by atoms with E-state index in [0.29, 0.717) is 6.07 Å². The van der Waals surface area contributed by atoms with Crippen LogP contribution in [0.5, 0.6) is 0 Å². The smallest absolute Gasteiger partial charge is 0.257 e. The molecule has 0 aromatic heterocycles. The molecule has 0 unspecified atom stereocenters. The van der Waals surface area contributed by atoms with Crippen molar-refractivity contribution in [2.24, 2.45) is 0 Å². The average Bonchev–Trinajstić information content (AvgIpc) is 2.40. The van der Waals surface area contributed by atoms with E-state index >= 15 is 0 Å². The number of rotatable bonds is 3. The van der Waals surface area contributed by atoms with Crippen molar-refractivity contribution in [2.75, 3.05) is 11.6 Å². The first kappa shape index (κ1) is 16.4. The van der Waals surface area contributed by atoms with Crippen molar-refractivity contribution < 1.29 is 22.0 Å². The van der Waals surface area contributed by atoms with Crippen LogP contribution in [0.15, 0.2) is 41.3 Å². The number of carbonyl (C=O) groups excluding carboxylic acids is 1. The third kappa shape index (κ3) is 3.61. The van der Waals surface area contributed by atoms with Crippen molar-refractivity contribution in [1.29, 1.82) is 0 Å². The van der Waals surface area contributed by atoms with Crippen LogP contribution in [-0.4, -0.2) is 20.6 Å². The first-order valence-electron chi connectivity index (χ1n) is 5.94. The Hall–Kier alpha value is -1.99. The highest BCUT2D eigenvalue weighted by molar-refractivity contribution is 7.90. The van der Waals surface area contributed by atoms with E-state index in [1.54, 1.807) is 0 Å². The van der Waals surface area contributed by atoms with E-state index in [4.69, 9.17) is 11.6 Å². The van der Waals surface area contributed by atoms with Gasteiger partial charge in [-0.05, 0) is 30.3 Å². The van der Waals surface area contributed by atoms with E-state index in [1.165, 1.54) is 12.1 Å². The zero-order valence-electron chi connectivity index (χ0n) is 11.2. The molecule has 0 spiro atoms. The van der Waals surface area contributed by atoms with E-state index < -0.39 is 27.4 Å². The van der Waals surface area contributed by atoms with Gasteiger partial charge in [-0.25, -0.2) is 17.2 Å². The molecule has 0 aliphatic carbocycles. The molecular formula is C14H10ClF2NO3S. The lowest BCUT2D eigenvalue weighted by Gasteiger charge is -2.09. The van der Waals surface area contributed by atoms with Crippen molar-refractivity contribution in [3.8, 4) is 0 Å². The third-order valence-electron chi connectivity index (χ3n) is 2.79. The summed E-state index contributed by atoms with van der Waals surface area (Å²) in [5.41, 5.74) is -0.243. The van der Waals surface area contributed by atoms with Crippen LogP contribution in [0.25, 0.3) is 0 Å². The molecule has 0 aliphatic rings. The van der Waals surface area contributed by atoms with Crippen molar-refractivity contribution in [3.05, 3.63) is 58.6 Å². The number of hydrogen-bond donors (Lipinski definition) is 1. The van der Waals surface area contributed by atoms with E-state index in [9.17, 15) is 22.0 Å². The van der Waals surface area contributed by atoms with Crippen molar-refractivity contribution >= 4 is 33.0 Å². The van der Waals surface area contributed by atoms with Gasteiger partial charge in [-0.2, -0.15) is 0 Å². The fourth-order valence-electron chi connectivity index (χ4n) is 1.69. The summed E-state index contributed by atoms with van der Waals surface area (Å²) in [6.07, 6.45) is 1.01. The Kier molecular flexibility index (Phi) is 4.48. The summed E-state index contributed by atoms with van der Waals surface area (Å²) < 4.78 is 49.1. The lowest BCUT2D eigenvalue weighted by Crippen LogP contribution is -2.14. The number of nitrogens with one attached hydrogen (secondary N) is 1. The molecule has 0 heterocycles. The molecule has 0 atom stereocenters. The monoisotopic (exact) mass is 345 g/mol. The SMILES string of the molecule is CS(=O)(=O)c1ccc(C(=O)Nc2ccc(F)cc2F)c(Cl)c1. The molecule has 8 heteroatoms. The van der Waals surface area contributed by atoms with Crippen LogP contribution < -0.4 is 5.32 Å². The zero-order chi connectivity index (χ0) is 16.5. The molecule has 0 radical (unpaired) electrons. The van der Waals surface area contributed by atoms with Crippen molar-refractivity contribution in [3.63, 3.8) is 0 Å². The largest absolute Gasteiger partial charge is 0.319 e. The topological polar surface area (TPSA) is 63.2 Å². The highest BCUT2D eigenvalue weighted by atomic mass is 35.5. The van der Waals surface area contributed by atoms with Gasteiger partial charge >= 0.3 is 0 Å². The summed E-state index contributed by atoms with van der Waals surface area (Å²) in [5, 5.41) is 2.14. The number of halogens is 3. The lowest BCUT2D eigenvalue weighted by atomic mass is 10.2. The molecule has 4 nitrogen and oxygen atoms in total. The summed E-state index contributed by atoms with van der Waals surface area (Å²) in [5.74, 6) is -2.45. The van der Waals surface area contributed by atoms with E-state index in [2.05, 4.69) is 5.32 Å². The van der Waals surface area contributed by atoms with Crippen LogP contribution >= 0.6 is 11.6 Å². The van der Waals surface area contributed by atoms with Crippen molar-refractivity contribution in [2.45, 2.75) is 4.90 Å². The summed E-state index contributed by atoms with van der Waals surface area (Å²) in [7, 11) is -3.46. The minimum atomic E-state index is -3.46. The van der Waals surface area contributed by atoms with Crippen LogP contribution in [-0.2, 0) is 9.84 Å². The van der Waals surface area contributed by atoms with Crippen LogP contribution in [0, 0.1) is 11.6 Å². The Labute approximate surface area is 130 Å². The Balaban J connectivity index is 2.30. The highest BCUT2D eigenvalue weighted by Crippen LogP contribution is 2.23. The standard InChI is InChI=1S/C14H10ClF2NO3S/c1-22(20,21)9-3-4-10(11(15)7-9)14(19)18-13-5-2-8(16)6-12(13)17/h2-7H,1H3,(H,18,19). The van der Waals surface area contributed by atoms with Gasteiger partial charge in [-0.3, -0.25) is 4.79 Å². The maximum absolute atomic E-state index is 13.5. The predicted molar refractivity (Wildman–Crippen MR) is 78.9 cm³/mol. The lowest BCUT2D eigenvalue weighted by molar-refractivity contribution is 0.102. The van der Waals surface area contributed by atoms with Gasteiger partial charge in [0.25, 0.3) is 5.91 Å². The van der Waals surface area contributed by atoms with Gasteiger partial charge in [0.1, 0.15) is 11.6 Å². The number of anilines is 1. The molecule has 2 aromatic carbocycles. The van der Waals surface area contributed by atoms with Crippen LogP contribution in [0.3, 0.4) is 0 Å². The van der Waals surface area contributed by atoms with Gasteiger partial charge in [-0.15, -0.1) is 0 Å². The molecular weight excluding hydrogens is 336 g/mol. The maximum atomic E-state index is 13.5. The third-order valence-corrected chi connectivity index (χ3v) is 4.22.